The van der Waals surface area contributed by atoms with Crippen LogP contribution in [0.1, 0.15) is 15.5 Å². The van der Waals surface area contributed by atoms with Gasteiger partial charge in [0.1, 0.15) is 5.69 Å². The monoisotopic (exact) mass is 300 g/mol. The Morgan fingerprint density at radius 3 is 2.95 bits per heavy atom. The van der Waals surface area contributed by atoms with Gasteiger partial charge in [0.25, 0.3) is 5.91 Å². The maximum Gasteiger partial charge on any atom is 0.273 e. The van der Waals surface area contributed by atoms with E-state index in [1.165, 1.54) is 16.2 Å². The Balaban J connectivity index is 2.47. The molecule has 0 unspecified atom stereocenters. The molecule has 0 aliphatic rings. The first-order valence-corrected chi connectivity index (χ1v) is 7.12. The van der Waals surface area contributed by atoms with Crippen molar-refractivity contribution in [1.82, 2.24) is 15.2 Å². The van der Waals surface area contributed by atoms with Gasteiger partial charge in [-0.25, -0.2) is 4.98 Å². The number of aromatic nitrogens is 1. The molecular formula is C12H20N4O3S. The van der Waals surface area contributed by atoms with Gasteiger partial charge in [0.2, 0.25) is 5.91 Å². The molecule has 112 valence electrons. The number of thiazole rings is 1. The van der Waals surface area contributed by atoms with Gasteiger partial charge in [-0.2, -0.15) is 0 Å². The number of methoxy groups -OCH3 is 1. The zero-order chi connectivity index (χ0) is 15.0. The molecule has 1 rings (SSSR count). The fraction of sp³-hybridized carbons (Fsp3) is 0.583. The SMILES string of the molecule is COCCNC(=O)CN(C)C(=O)c1csc(CCN)n1. The van der Waals surface area contributed by atoms with Crippen molar-refractivity contribution in [2.45, 2.75) is 6.42 Å². The topological polar surface area (TPSA) is 97.5 Å². The summed E-state index contributed by atoms with van der Waals surface area (Å²) in [6.45, 7) is 1.36. The second-order valence-corrected chi connectivity index (χ2v) is 5.11. The Hall–Kier alpha value is -1.51. The lowest BCUT2D eigenvalue weighted by Gasteiger charge is -2.15. The molecule has 1 heterocycles. The van der Waals surface area contributed by atoms with Gasteiger partial charge in [-0.3, -0.25) is 9.59 Å². The van der Waals surface area contributed by atoms with Gasteiger partial charge in [0.05, 0.1) is 18.2 Å². The summed E-state index contributed by atoms with van der Waals surface area (Å²) in [4.78, 5) is 29.2. The van der Waals surface area contributed by atoms with E-state index in [9.17, 15) is 9.59 Å². The number of ether oxygens (including phenoxy) is 1. The number of rotatable bonds is 8. The molecule has 1 aromatic rings. The molecular weight excluding hydrogens is 280 g/mol. The van der Waals surface area contributed by atoms with Crippen LogP contribution in [0, 0.1) is 0 Å². The molecule has 0 aliphatic carbocycles. The molecule has 0 spiro atoms. The third-order valence-electron chi connectivity index (χ3n) is 2.48. The maximum absolute atomic E-state index is 12.1. The second kappa shape index (κ2) is 8.62. The van der Waals surface area contributed by atoms with E-state index in [-0.39, 0.29) is 18.4 Å². The van der Waals surface area contributed by atoms with Crippen molar-refractivity contribution in [3.63, 3.8) is 0 Å². The summed E-state index contributed by atoms with van der Waals surface area (Å²) in [5, 5.41) is 5.17. The number of hydrogen-bond acceptors (Lipinski definition) is 6. The van der Waals surface area contributed by atoms with Crippen LogP contribution in [-0.4, -0.2) is 62.1 Å². The van der Waals surface area contributed by atoms with Gasteiger partial charge < -0.3 is 20.7 Å². The summed E-state index contributed by atoms with van der Waals surface area (Å²) in [7, 11) is 3.13. The van der Waals surface area contributed by atoms with Crippen molar-refractivity contribution in [1.29, 1.82) is 0 Å². The van der Waals surface area contributed by atoms with Crippen molar-refractivity contribution in [3.8, 4) is 0 Å². The largest absolute Gasteiger partial charge is 0.383 e. The lowest BCUT2D eigenvalue weighted by molar-refractivity contribution is -0.121. The van der Waals surface area contributed by atoms with Gasteiger partial charge >= 0.3 is 0 Å². The fourth-order valence-corrected chi connectivity index (χ4v) is 2.27. The summed E-state index contributed by atoms with van der Waals surface area (Å²) in [6, 6.07) is 0. The first-order valence-electron chi connectivity index (χ1n) is 6.24. The van der Waals surface area contributed by atoms with Gasteiger partial charge in [0.15, 0.2) is 0 Å². The van der Waals surface area contributed by atoms with E-state index < -0.39 is 0 Å². The van der Waals surface area contributed by atoms with E-state index in [1.54, 1.807) is 19.5 Å². The van der Waals surface area contributed by atoms with E-state index >= 15 is 0 Å². The zero-order valence-corrected chi connectivity index (χ0v) is 12.5. The molecule has 1 aromatic heterocycles. The molecule has 0 bridgehead atoms. The molecule has 7 nitrogen and oxygen atoms in total. The van der Waals surface area contributed by atoms with Crippen LogP contribution in [0.2, 0.25) is 0 Å². The minimum Gasteiger partial charge on any atom is -0.383 e. The third kappa shape index (κ3) is 5.24. The summed E-state index contributed by atoms with van der Waals surface area (Å²) in [6.07, 6.45) is 0.652. The predicted octanol–water partition coefficient (Wildman–Crippen LogP) is -0.521. The van der Waals surface area contributed by atoms with E-state index in [0.29, 0.717) is 31.8 Å². The van der Waals surface area contributed by atoms with Crippen molar-refractivity contribution < 1.29 is 14.3 Å². The van der Waals surface area contributed by atoms with Crippen molar-refractivity contribution in [2.75, 3.05) is 40.4 Å². The van der Waals surface area contributed by atoms with Crippen molar-refractivity contribution in [2.24, 2.45) is 5.73 Å². The molecule has 0 saturated heterocycles. The quantitative estimate of drug-likeness (QED) is 0.630. The molecule has 20 heavy (non-hydrogen) atoms. The molecule has 0 atom stereocenters. The Labute approximate surface area is 122 Å². The van der Waals surface area contributed by atoms with Crippen molar-refractivity contribution in [3.05, 3.63) is 16.1 Å². The lowest BCUT2D eigenvalue weighted by Crippen LogP contribution is -2.39. The first kappa shape index (κ1) is 16.5. The number of carbonyl (C=O) groups excluding carboxylic acids is 2. The number of nitrogens with zero attached hydrogens (tertiary/aromatic N) is 2. The van der Waals surface area contributed by atoms with Crippen LogP contribution in [-0.2, 0) is 16.0 Å². The number of likely N-dealkylation sites (N-methyl/N-ethyl adjacent to an activating group) is 1. The molecule has 0 aromatic carbocycles. The minimum absolute atomic E-state index is 0.00764. The molecule has 8 heteroatoms. The molecule has 0 saturated carbocycles. The Morgan fingerprint density at radius 1 is 1.55 bits per heavy atom. The highest BCUT2D eigenvalue weighted by atomic mass is 32.1. The van der Waals surface area contributed by atoms with Gasteiger partial charge in [-0.1, -0.05) is 0 Å². The smallest absolute Gasteiger partial charge is 0.273 e. The number of nitrogens with two attached hydrogens (primary N) is 1. The molecule has 0 aliphatic heterocycles. The molecule has 0 radical (unpaired) electrons. The van der Waals surface area contributed by atoms with Crippen LogP contribution in [0.5, 0.6) is 0 Å². The number of hydrogen-bond donors (Lipinski definition) is 2. The van der Waals surface area contributed by atoms with Crippen LogP contribution in [0.25, 0.3) is 0 Å². The average Bonchev–Trinajstić information content (AvgIpc) is 2.87. The highest BCUT2D eigenvalue weighted by molar-refractivity contribution is 7.09. The maximum atomic E-state index is 12.1. The fourth-order valence-electron chi connectivity index (χ4n) is 1.48. The third-order valence-corrected chi connectivity index (χ3v) is 3.39. The summed E-state index contributed by atoms with van der Waals surface area (Å²) in [5.41, 5.74) is 5.79. The van der Waals surface area contributed by atoms with E-state index in [1.807, 2.05) is 0 Å². The number of nitrogens with one attached hydrogen (secondary N) is 1. The van der Waals surface area contributed by atoms with Crippen LogP contribution in [0.3, 0.4) is 0 Å². The van der Waals surface area contributed by atoms with Crippen LogP contribution < -0.4 is 11.1 Å². The van der Waals surface area contributed by atoms with Crippen molar-refractivity contribution >= 4 is 23.2 Å². The summed E-state index contributed by atoms with van der Waals surface area (Å²) in [5.74, 6) is -0.498. The molecule has 3 N–H and O–H groups in total. The zero-order valence-electron chi connectivity index (χ0n) is 11.7. The Kier molecular flexibility index (Phi) is 7.13. The minimum atomic E-state index is -0.272. The van der Waals surface area contributed by atoms with Crippen LogP contribution in [0.15, 0.2) is 5.38 Å². The summed E-state index contributed by atoms with van der Waals surface area (Å²) >= 11 is 1.40. The lowest BCUT2D eigenvalue weighted by atomic mass is 10.4. The predicted molar refractivity (Wildman–Crippen MR) is 76.7 cm³/mol. The Bertz CT molecular complexity index is 450. The van der Waals surface area contributed by atoms with Crippen LogP contribution in [0.4, 0.5) is 0 Å². The first-order chi connectivity index (χ1) is 9.58. The molecule has 0 fully saturated rings. The number of carbonyl (C=O) groups is 2. The van der Waals surface area contributed by atoms with Gasteiger partial charge in [-0.05, 0) is 6.54 Å². The number of amides is 2. The summed E-state index contributed by atoms with van der Waals surface area (Å²) < 4.78 is 4.83. The van der Waals surface area contributed by atoms with Crippen LogP contribution >= 0.6 is 11.3 Å². The van der Waals surface area contributed by atoms with E-state index in [0.717, 1.165) is 5.01 Å². The Morgan fingerprint density at radius 2 is 2.30 bits per heavy atom. The van der Waals surface area contributed by atoms with Gasteiger partial charge in [-0.15, -0.1) is 11.3 Å². The highest BCUT2D eigenvalue weighted by Crippen LogP contribution is 2.11. The standard InChI is InChI=1S/C12H20N4O3S/c1-16(7-10(17)14-5-6-19-2)12(18)9-8-20-11(15-9)3-4-13/h8H,3-7,13H2,1-2H3,(H,14,17). The average molecular weight is 300 g/mol. The van der Waals surface area contributed by atoms with E-state index in [2.05, 4.69) is 10.3 Å². The normalized spacial score (nSPS) is 10.3. The molecule has 2 amide bonds. The second-order valence-electron chi connectivity index (χ2n) is 4.17. The highest BCUT2D eigenvalue weighted by Gasteiger charge is 2.17. The van der Waals surface area contributed by atoms with Gasteiger partial charge in [0, 0.05) is 32.5 Å². The van der Waals surface area contributed by atoms with E-state index in [4.69, 9.17) is 10.5 Å².